The predicted octanol–water partition coefficient (Wildman–Crippen LogP) is 5.91. The van der Waals surface area contributed by atoms with Crippen LogP contribution in [0.15, 0.2) is 36.4 Å². The standard InChI is InChI=1S/C23H22F7NO2/c1-4-16-10-18(21(24,22(25,26)27)23(28,29)30)9-13(2)19(16)11-20(33)17-7-5-15(6-8-17)12-31-14(3)32/h5-10H,4,11-12H2,1-3H3,(H,31,32). The Kier molecular flexibility index (Phi) is 7.60. The van der Waals surface area contributed by atoms with Gasteiger partial charge in [0.2, 0.25) is 5.91 Å². The Balaban J connectivity index is 2.39. The number of aryl methyl sites for hydroxylation is 2. The van der Waals surface area contributed by atoms with Crippen LogP contribution in [0.3, 0.4) is 0 Å². The lowest BCUT2D eigenvalue weighted by molar-refractivity contribution is -0.348. The normalized spacial score (nSPS) is 12.5. The molecule has 33 heavy (non-hydrogen) atoms. The summed E-state index contributed by atoms with van der Waals surface area (Å²) in [6.45, 7) is 4.35. The minimum atomic E-state index is -6.21. The molecule has 0 aliphatic rings. The molecule has 0 saturated heterocycles. The van der Waals surface area contributed by atoms with Crippen molar-refractivity contribution >= 4 is 11.7 Å². The fourth-order valence-corrected chi connectivity index (χ4v) is 3.44. The highest BCUT2D eigenvalue weighted by Crippen LogP contribution is 2.53. The maximum atomic E-state index is 14.5. The van der Waals surface area contributed by atoms with Crippen molar-refractivity contribution in [2.45, 2.75) is 58.2 Å². The predicted molar refractivity (Wildman–Crippen MR) is 107 cm³/mol. The largest absolute Gasteiger partial charge is 0.435 e. The number of carbonyl (C=O) groups excluding carboxylic acids is 2. The summed E-state index contributed by atoms with van der Waals surface area (Å²) >= 11 is 0. The fourth-order valence-electron chi connectivity index (χ4n) is 3.44. The van der Waals surface area contributed by atoms with E-state index in [1.54, 1.807) is 12.1 Å². The van der Waals surface area contributed by atoms with Crippen molar-refractivity contribution in [3.8, 4) is 0 Å². The molecule has 3 nitrogen and oxygen atoms in total. The molecule has 2 aromatic carbocycles. The summed E-state index contributed by atoms with van der Waals surface area (Å²) in [5.41, 5.74) is -5.85. The van der Waals surface area contributed by atoms with Gasteiger partial charge in [0.05, 0.1) is 0 Å². The van der Waals surface area contributed by atoms with Crippen LogP contribution in [-0.4, -0.2) is 24.0 Å². The first-order chi connectivity index (χ1) is 15.1. The number of amides is 1. The number of carbonyl (C=O) groups is 2. The van der Waals surface area contributed by atoms with Crippen molar-refractivity contribution in [2.75, 3.05) is 0 Å². The van der Waals surface area contributed by atoms with Crippen LogP contribution in [-0.2, 0) is 29.8 Å². The molecule has 0 unspecified atom stereocenters. The third-order valence-electron chi connectivity index (χ3n) is 5.28. The molecule has 0 radical (unpaired) electrons. The second kappa shape index (κ2) is 9.52. The lowest BCUT2D eigenvalue weighted by atomic mass is 9.86. The highest BCUT2D eigenvalue weighted by Gasteiger charge is 2.73. The molecular weight excluding hydrogens is 455 g/mol. The molecule has 2 rings (SSSR count). The first kappa shape index (κ1) is 26.3. The molecule has 0 aliphatic heterocycles. The van der Waals surface area contributed by atoms with Crippen molar-refractivity contribution in [2.24, 2.45) is 0 Å². The third-order valence-corrected chi connectivity index (χ3v) is 5.28. The first-order valence-corrected chi connectivity index (χ1v) is 9.93. The van der Waals surface area contributed by atoms with Gasteiger partial charge in [0.25, 0.3) is 0 Å². The zero-order valence-electron chi connectivity index (χ0n) is 18.0. The molecule has 0 heterocycles. The molecule has 0 fully saturated rings. The van der Waals surface area contributed by atoms with Gasteiger partial charge in [-0.3, -0.25) is 9.59 Å². The van der Waals surface area contributed by atoms with Gasteiger partial charge in [-0.25, -0.2) is 4.39 Å². The molecule has 0 atom stereocenters. The van der Waals surface area contributed by atoms with Gasteiger partial charge in [-0.2, -0.15) is 26.3 Å². The van der Waals surface area contributed by atoms with Gasteiger partial charge >= 0.3 is 18.0 Å². The van der Waals surface area contributed by atoms with E-state index in [2.05, 4.69) is 5.32 Å². The molecule has 1 N–H and O–H groups in total. The van der Waals surface area contributed by atoms with Crippen molar-refractivity contribution in [3.05, 3.63) is 69.8 Å². The molecule has 0 saturated carbocycles. The third kappa shape index (κ3) is 5.54. The summed E-state index contributed by atoms with van der Waals surface area (Å²) < 4.78 is 93.4. The van der Waals surface area contributed by atoms with Crippen molar-refractivity contribution in [1.29, 1.82) is 0 Å². The molecule has 2 aromatic rings. The maximum Gasteiger partial charge on any atom is 0.435 e. The Morgan fingerprint density at radius 1 is 0.909 bits per heavy atom. The second-order valence-corrected chi connectivity index (χ2v) is 7.64. The second-order valence-electron chi connectivity index (χ2n) is 7.64. The van der Waals surface area contributed by atoms with E-state index < -0.39 is 29.4 Å². The van der Waals surface area contributed by atoms with Crippen LogP contribution in [0.4, 0.5) is 30.7 Å². The van der Waals surface area contributed by atoms with Gasteiger partial charge < -0.3 is 5.32 Å². The molecular formula is C23H22F7NO2. The number of Topliss-reactive ketones (excluding diaryl/α,β-unsaturated/α-hetero) is 1. The monoisotopic (exact) mass is 477 g/mol. The zero-order valence-corrected chi connectivity index (χ0v) is 18.0. The van der Waals surface area contributed by atoms with Crippen molar-refractivity contribution < 1.29 is 40.3 Å². The lowest BCUT2D eigenvalue weighted by Gasteiger charge is -2.31. The SMILES string of the molecule is CCc1cc(C(F)(C(F)(F)F)C(F)(F)F)cc(C)c1CC(=O)c1ccc(CNC(C)=O)cc1. The van der Waals surface area contributed by atoms with Gasteiger partial charge in [-0.15, -0.1) is 0 Å². The Labute approximate surface area is 186 Å². The summed E-state index contributed by atoms with van der Waals surface area (Å²) in [6, 6.07) is 7.28. The van der Waals surface area contributed by atoms with Crippen molar-refractivity contribution in [3.63, 3.8) is 0 Å². The van der Waals surface area contributed by atoms with Crippen LogP contribution in [0.1, 0.15) is 52.0 Å². The summed E-state index contributed by atoms with van der Waals surface area (Å²) in [7, 11) is 0. The molecule has 0 aromatic heterocycles. The lowest BCUT2D eigenvalue weighted by Crippen LogP contribution is -2.50. The Morgan fingerprint density at radius 3 is 1.91 bits per heavy atom. The Hall–Kier alpha value is -2.91. The highest BCUT2D eigenvalue weighted by molar-refractivity contribution is 5.97. The van der Waals surface area contributed by atoms with Gasteiger partial charge in [0, 0.05) is 31.0 Å². The maximum absolute atomic E-state index is 14.5. The Morgan fingerprint density at radius 2 is 1.45 bits per heavy atom. The van der Waals surface area contributed by atoms with Crippen LogP contribution in [0.25, 0.3) is 0 Å². The van der Waals surface area contributed by atoms with E-state index in [0.717, 1.165) is 5.56 Å². The van der Waals surface area contributed by atoms with Gasteiger partial charge in [-0.05, 0) is 35.6 Å². The topological polar surface area (TPSA) is 46.2 Å². The van der Waals surface area contributed by atoms with E-state index >= 15 is 0 Å². The number of rotatable bonds is 7. The summed E-state index contributed by atoms with van der Waals surface area (Å²) in [6.07, 6.45) is -12.7. The quantitative estimate of drug-likeness (QED) is 0.398. The smallest absolute Gasteiger partial charge is 0.352 e. The van der Waals surface area contributed by atoms with Crippen molar-refractivity contribution in [1.82, 2.24) is 5.32 Å². The van der Waals surface area contributed by atoms with Crippen LogP contribution in [0, 0.1) is 6.92 Å². The molecule has 180 valence electrons. The van der Waals surface area contributed by atoms with E-state index in [-0.39, 0.29) is 47.5 Å². The number of benzene rings is 2. The van der Waals surface area contributed by atoms with Crippen LogP contribution >= 0.6 is 0 Å². The summed E-state index contributed by atoms with van der Waals surface area (Å²) in [4.78, 5) is 23.7. The molecule has 0 aliphatic carbocycles. The molecule has 1 amide bonds. The first-order valence-electron chi connectivity index (χ1n) is 9.93. The number of halogens is 7. The van der Waals surface area contributed by atoms with Gasteiger partial charge in [0.15, 0.2) is 5.78 Å². The molecule has 0 spiro atoms. The fraction of sp³-hybridized carbons (Fsp3) is 0.391. The van der Waals surface area contributed by atoms with Crippen LogP contribution in [0.5, 0.6) is 0 Å². The zero-order chi connectivity index (χ0) is 25.2. The summed E-state index contributed by atoms with van der Waals surface area (Å²) in [5, 5.41) is 2.60. The number of hydrogen-bond acceptors (Lipinski definition) is 2. The average molecular weight is 477 g/mol. The number of ketones is 1. The van der Waals surface area contributed by atoms with Crippen LogP contribution < -0.4 is 5.32 Å². The molecule has 10 heteroatoms. The number of alkyl halides is 7. The summed E-state index contributed by atoms with van der Waals surface area (Å²) in [5.74, 6) is -0.640. The van der Waals surface area contributed by atoms with E-state index in [9.17, 15) is 40.3 Å². The van der Waals surface area contributed by atoms with Gasteiger partial charge in [0.1, 0.15) is 0 Å². The van der Waals surface area contributed by atoms with E-state index in [0.29, 0.717) is 12.1 Å². The minimum absolute atomic E-state index is 0.00125. The average Bonchev–Trinajstić information content (AvgIpc) is 2.71. The molecule has 0 bridgehead atoms. The van der Waals surface area contributed by atoms with Gasteiger partial charge in [-0.1, -0.05) is 43.3 Å². The number of nitrogens with one attached hydrogen (secondary N) is 1. The number of hydrogen-bond donors (Lipinski definition) is 1. The highest BCUT2D eigenvalue weighted by atomic mass is 19.4. The Bertz CT molecular complexity index is 1010. The minimum Gasteiger partial charge on any atom is -0.352 e. The van der Waals surface area contributed by atoms with E-state index in [4.69, 9.17) is 0 Å². The van der Waals surface area contributed by atoms with Crippen LogP contribution in [0.2, 0.25) is 0 Å². The van der Waals surface area contributed by atoms with E-state index in [1.165, 1.54) is 32.9 Å². The van der Waals surface area contributed by atoms with E-state index in [1.807, 2.05) is 0 Å².